The SMILES string of the molecule is O=[N+]([O-])c1ccc(N=Nc2ccc3c(c2)-c2ccccc2C3=Cc2cccc([N+](=O)[O-])c2)cc1. The summed E-state index contributed by atoms with van der Waals surface area (Å²) in [5, 5.41) is 30.5. The molecule has 0 fully saturated rings. The van der Waals surface area contributed by atoms with Gasteiger partial charge in [0.25, 0.3) is 11.4 Å². The van der Waals surface area contributed by atoms with Crippen molar-refractivity contribution in [3.63, 3.8) is 0 Å². The molecule has 4 aromatic carbocycles. The third kappa shape index (κ3) is 3.95. The summed E-state index contributed by atoms with van der Waals surface area (Å²) in [5.74, 6) is 0. The molecule has 164 valence electrons. The van der Waals surface area contributed by atoms with Gasteiger partial charge in [-0.1, -0.05) is 42.5 Å². The zero-order valence-corrected chi connectivity index (χ0v) is 17.7. The Kier molecular flexibility index (Phi) is 5.23. The molecule has 5 rings (SSSR count). The van der Waals surface area contributed by atoms with Crippen molar-refractivity contribution in [2.45, 2.75) is 0 Å². The summed E-state index contributed by atoms with van der Waals surface area (Å²) >= 11 is 0. The molecule has 0 aromatic heterocycles. The Morgan fingerprint density at radius 3 is 1.97 bits per heavy atom. The molecule has 0 radical (unpaired) electrons. The number of hydrogen-bond acceptors (Lipinski definition) is 6. The molecule has 0 saturated heterocycles. The van der Waals surface area contributed by atoms with Crippen molar-refractivity contribution in [1.82, 2.24) is 0 Å². The van der Waals surface area contributed by atoms with Crippen LogP contribution >= 0.6 is 0 Å². The number of fused-ring (bicyclic) bond motifs is 3. The second-order valence-electron chi connectivity index (χ2n) is 7.66. The Bertz CT molecular complexity index is 1510. The largest absolute Gasteiger partial charge is 0.270 e. The van der Waals surface area contributed by atoms with Gasteiger partial charge in [0, 0.05) is 24.3 Å². The standard InChI is InChI=1S/C26H16N4O4/c31-29(32)20-11-8-18(9-12-20)27-28-19-10-13-24-25(15-17-4-3-5-21(14-17)30(33)34)22-6-1-2-7-23(22)26(24)16-19/h1-16H. The molecule has 34 heavy (non-hydrogen) atoms. The van der Waals surface area contributed by atoms with Gasteiger partial charge in [0.15, 0.2) is 0 Å². The Balaban J connectivity index is 1.52. The van der Waals surface area contributed by atoms with Crippen LogP contribution in [0.15, 0.2) is 101 Å². The Labute approximate surface area is 193 Å². The Morgan fingerprint density at radius 1 is 0.588 bits per heavy atom. The maximum Gasteiger partial charge on any atom is 0.270 e. The molecule has 0 atom stereocenters. The van der Waals surface area contributed by atoms with Gasteiger partial charge in [-0.15, -0.1) is 0 Å². The smallest absolute Gasteiger partial charge is 0.258 e. The van der Waals surface area contributed by atoms with Gasteiger partial charge < -0.3 is 0 Å². The lowest BCUT2D eigenvalue weighted by Crippen LogP contribution is -1.88. The second kappa shape index (κ2) is 8.51. The fourth-order valence-electron chi connectivity index (χ4n) is 3.96. The van der Waals surface area contributed by atoms with E-state index in [1.807, 2.05) is 54.6 Å². The lowest BCUT2D eigenvalue weighted by Gasteiger charge is -2.04. The highest BCUT2D eigenvalue weighted by Crippen LogP contribution is 2.46. The first-order chi connectivity index (χ1) is 16.5. The van der Waals surface area contributed by atoms with E-state index in [1.54, 1.807) is 24.3 Å². The van der Waals surface area contributed by atoms with Crippen LogP contribution in [-0.4, -0.2) is 9.85 Å². The van der Waals surface area contributed by atoms with Crippen LogP contribution in [-0.2, 0) is 0 Å². The molecule has 0 amide bonds. The zero-order valence-electron chi connectivity index (χ0n) is 17.7. The lowest BCUT2D eigenvalue weighted by atomic mass is 10.0. The van der Waals surface area contributed by atoms with E-state index in [0.29, 0.717) is 11.4 Å². The molecular formula is C26H16N4O4. The number of non-ortho nitro benzene ring substituents is 2. The van der Waals surface area contributed by atoms with Gasteiger partial charge in [-0.25, -0.2) is 0 Å². The van der Waals surface area contributed by atoms with Gasteiger partial charge >= 0.3 is 0 Å². The summed E-state index contributed by atoms with van der Waals surface area (Å²) in [7, 11) is 0. The topological polar surface area (TPSA) is 111 Å². The molecular weight excluding hydrogens is 432 g/mol. The molecule has 0 aliphatic heterocycles. The summed E-state index contributed by atoms with van der Waals surface area (Å²) in [5.41, 5.74) is 6.99. The van der Waals surface area contributed by atoms with Gasteiger partial charge in [0.2, 0.25) is 0 Å². The lowest BCUT2D eigenvalue weighted by molar-refractivity contribution is -0.385. The second-order valence-corrected chi connectivity index (χ2v) is 7.66. The van der Waals surface area contributed by atoms with Crippen molar-refractivity contribution in [1.29, 1.82) is 0 Å². The fraction of sp³-hybridized carbons (Fsp3) is 0. The van der Waals surface area contributed by atoms with Crippen LogP contribution in [0.3, 0.4) is 0 Å². The van der Waals surface area contributed by atoms with Crippen LogP contribution < -0.4 is 0 Å². The molecule has 0 unspecified atom stereocenters. The van der Waals surface area contributed by atoms with E-state index >= 15 is 0 Å². The van der Waals surface area contributed by atoms with E-state index in [0.717, 1.165) is 33.4 Å². The summed E-state index contributed by atoms with van der Waals surface area (Å²) in [4.78, 5) is 21.1. The van der Waals surface area contributed by atoms with Crippen molar-refractivity contribution in [2.24, 2.45) is 10.2 Å². The van der Waals surface area contributed by atoms with Gasteiger partial charge in [0.05, 0.1) is 21.2 Å². The van der Waals surface area contributed by atoms with Gasteiger partial charge in [-0.3, -0.25) is 20.2 Å². The molecule has 1 aliphatic carbocycles. The van der Waals surface area contributed by atoms with Gasteiger partial charge in [-0.05, 0) is 63.7 Å². The van der Waals surface area contributed by atoms with E-state index in [2.05, 4.69) is 10.2 Å². The van der Waals surface area contributed by atoms with Crippen molar-refractivity contribution >= 4 is 34.4 Å². The molecule has 0 N–H and O–H groups in total. The quantitative estimate of drug-likeness (QED) is 0.157. The predicted octanol–water partition coefficient (Wildman–Crippen LogP) is 7.49. The van der Waals surface area contributed by atoms with Crippen molar-refractivity contribution in [3.05, 3.63) is 128 Å². The molecule has 0 heterocycles. The van der Waals surface area contributed by atoms with E-state index in [-0.39, 0.29) is 11.4 Å². The maximum atomic E-state index is 11.2. The van der Waals surface area contributed by atoms with Gasteiger partial charge in [-0.2, -0.15) is 10.2 Å². The number of nitro benzene ring substituents is 2. The van der Waals surface area contributed by atoms with E-state index in [9.17, 15) is 20.2 Å². The van der Waals surface area contributed by atoms with Crippen molar-refractivity contribution in [2.75, 3.05) is 0 Å². The van der Waals surface area contributed by atoms with Crippen LogP contribution in [0.1, 0.15) is 16.7 Å². The normalized spacial score (nSPS) is 13.1. The molecule has 0 saturated carbocycles. The number of rotatable bonds is 5. The van der Waals surface area contributed by atoms with E-state index in [4.69, 9.17) is 0 Å². The van der Waals surface area contributed by atoms with E-state index < -0.39 is 9.85 Å². The summed E-state index contributed by atoms with van der Waals surface area (Å²) < 4.78 is 0. The Hall–Kier alpha value is -4.98. The molecule has 8 heteroatoms. The van der Waals surface area contributed by atoms with Crippen LogP contribution in [0.5, 0.6) is 0 Å². The van der Waals surface area contributed by atoms with Crippen molar-refractivity contribution in [3.8, 4) is 11.1 Å². The molecule has 4 aromatic rings. The Morgan fingerprint density at radius 2 is 1.24 bits per heavy atom. The fourth-order valence-corrected chi connectivity index (χ4v) is 3.96. The van der Waals surface area contributed by atoms with Crippen LogP contribution in [0.4, 0.5) is 22.7 Å². The maximum absolute atomic E-state index is 11.2. The zero-order chi connectivity index (χ0) is 23.7. The summed E-state index contributed by atoms with van der Waals surface area (Å²) in [6, 6.07) is 26.1. The molecule has 8 nitrogen and oxygen atoms in total. The number of nitrogens with zero attached hydrogens (tertiary/aromatic N) is 4. The first kappa shape index (κ1) is 20.9. The third-order valence-corrected chi connectivity index (χ3v) is 5.53. The van der Waals surface area contributed by atoms with Crippen molar-refractivity contribution < 1.29 is 9.85 Å². The van der Waals surface area contributed by atoms with Crippen LogP contribution in [0.2, 0.25) is 0 Å². The molecule has 0 bridgehead atoms. The average molecular weight is 448 g/mol. The highest BCUT2D eigenvalue weighted by Gasteiger charge is 2.23. The molecule has 1 aliphatic rings. The van der Waals surface area contributed by atoms with E-state index in [1.165, 1.54) is 18.2 Å². The predicted molar refractivity (Wildman–Crippen MR) is 129 cm³/mol. The van der Waals surface area contributed by atoms with Crippen LogP contribution in [0, 0.1) is 20.2 Å². The minimum absolute atomic E-state index is 0.00356. The number of hydrogen-bond donors (Lipinski definition) is 0. The summed E-state index contributed by atoms with van der Waals surface area (Å²) in [6.45, 7) is 0. The molecule has 0 spiro atoms. The number of benzene rings is 4. The minimum Gasteiger partial charge on any atom is -0.258 e. The first-order valence-corrected chi connectivity index (χ1v) is 10.4. The highest BCUT2D eigenvalue weighted by molar-refractivity contribution is 6.07. The number of nitro groups is 2. The summed E-state index contributed by atoms with van der Waals surface area (Å²) in [6.07, 6.45) is 1.95. The van der Waals surface area contributed by atoms with Crippen LogP contribution in [0.25, 0.3) is 22.8 Å². The van der Waals surface area contributed by atoms with Gasteiger partial charge in [0.1, 0.15) is 0 Å². The monoisotopic (exact) mass is 448 g/mol. The first-order valence-electron chi connectivity index (χ1n) is 10.4. The number of azo groups is 1. The minimum atomic E-state index is -0.461. The average Bonchev–Trinajstić information content (AvgIpc) is 3.16. The third-order valence-electron chi connectivity index (χ3n) is 5.53. The highest BCUT2D eigenvalue weighted by atomic mass is 16.6.